The van der Waals surface area contributed by atoms with Gasteiger partial charge in [0, 0.05) is 12.6 Å². The molecule has 2 unspecified atom stereocenters. The summed E-state index contributed by atoms with van der Waals surface area (Å²) in [6.07, 6.45) is 1.23. The van der Waals surface area contributed by atoms with Crippen LogP contribution in [-0.2, 0) is 6.54 Å². The highest BCUT2D eigenvalue weighted by atomic mass is 16.4. The second-order valence-electron chi connectivity index (χ2n) is 4.21. The summed E-state index contributed by atoms with van der Waals surface area (Å²) in [6, 6.07) is 7.70. The van der Waals surface area contributed by atoms with Gasteiger partial charge in [-0.3, -0.25) is 0 Å². The monoisotopic (exact) mass is 205 g/mol. The molecule has 1 fully saturated rings. The van der Waals surface area contributed by atoms with Gasteiger partial charge in [-0.2, -0.15) is 0 Å². The Bertz CT molecular complexity index is 376. The Labute approximate surface area is 89.1 Å². The highest BCUT2D eigenvalue weighted by Crippen LogP contribution is 2.29. The van der Waals surface area contributed by atoms with E-state index in [0.717, 1.165) is 18.0 Å². The van der Waals surface area contributed by atoms with E-state index < -0.39 is 5.97 Å². The van der Waals surface area contributed by atoms with Gasteiger partial charge in [0.1, 0.15) is 0 Å². The summed E-state index contributed by atoms with van der Waals surface area (Å²) in [4.78, 5) is 10.7. The zero-order valence-corrected chi connectivity index (χ0v) is 8.73. The molecule has 3 heteroatoms. The first-order valence-corrected chi connectivity index (χ1v) is 5.22. The Hall–Kier alpha value is -1.35. The van der Waals surface area contributed by atoms with E-state index in [2.05, 4.69) is 12.2 Å². The largest absolute Gasteiger partial charge is 0.478 e. The van der Waals surface area contributed by atoms with Gasteiger partial charge in [-0.15, -0.1) is 0 Å². The van der Waals surface area contributed by atoms with Crippen LogP contribution in [0.15, 0.2) is 24.3 Å². The fraction of sp³-hybridized carbons (Fsp3) is 0.417. The standard InChI is InChI=1S/C12H15NO2/c1-8-5-11(8)13-7-9-3-2-4-10(6-9)12(14)15/h2-4,6,8,11,13H,5,7H2,1H3,(H,14,15). The van der Waals surface area contributed by atoms with E-state index in [1.54, 1.807) is 18.2 Å². The van der Waals surface area contributed by atoms with Crippen LogP contribution in [0.3, 0.4) is 0 Å². The highest BCUT2D eigenvalue weighted by molar-refractivity contribution is 5.87. The first kappa shape index (κ1) is 10.2. The third-order valence-corrected chi connectivity index (χ3v) is 2.85. The molecule has 1 aliphatic rings. The van der Waals surface area contributed by atoms with E-state index in [4.69, 9.17) is 5.11 Å². The fourth-order valence-electron chi connectivity index (χ4n) is 1.67. The number of aromatic carboxylic acids is 1. The first-order chi connectivity index (χ1) is 7.16. The topological polar surface area (TPSA) is 49.3 Å². The van der Waals surface area contributed by atoms with Gasteiger partial charge >= 0.3 is 5.97 Å². The zero-order chi connectivity index (χ0) is 10.8. The van der Waals surface area contributed by atoms with Gasteiger partial charge in [0.05, 0.1) is 5.56 Å². The van der Waals surface area contributed by atoms with Crippen molar-refractivity contribution in [3.8, 4) is 0 Å². The van der Waals surface area contributed by atoms with Crippen LogP contribution in [0.25, 0.3) is 0 Å². The number of hydrogen-bond acceptors (Lipinski definition) is 2. The molecule has 1 saturated carbocycles. The van der Waals surface area contributed by atoms with Crippen molar-refractivity contribution in [1.29, 1.82) is 0 Å². The molecule has 0 aliphatic heterocycles. The molecule has 0 bridgehead atoms. The van der Waals surface area contributed by atoms with E-state index in [-0.39, 0.29) is 0 Å². The SMILES string of the molecule is CC1CC1NCc1cccc(C(=O)O)c1. The second kappa shape index (κ2) is 4.03. The maximum atomic E-state index is 10.7. The predicted octanol–water partition coefficient (Wildman–Crippen LogP) is 1.88. The van der Waals surface area contributed by atoms with Crippen LogP contribution in [0.5, 0.6) is 0 Å². The van der Waals surface area contributed by atoms with Gasteiger partial charge < -0.3 is 10.4 Å². The summed E-state index contributed by atoms with van der Waals surface area (Å²) < 4.78 is 0. The summed E-state index contributed by atoms with van der Waals surface area (Å²) in [6.45, 7) is 2.97. The Morgan fingerprint density at radius 3 is 2.93 bits per heavy atom. The van der Waals surface area contributed by atoms with E-state index in [1.165, 1.54) is 6.42 Å². The van der Waals surface area contributed by atoms with Crippen molar-refractivity contribution >= 4 is 5.97 Å². The Morgan fingerprint density at radius 2 is 2.33 bits per heavy atom. The third-order valence-electron chi connectivity index (χ3n) is 2.85. The molecule has 0 radical (unpaired) electrons. The van der Waals surface area contributed by atoms with Gasteiger partial charge in [0.2, 0.25) is 0 Å². The van der Waals surface area contributed by atoms with Crippen LogP contribution in [0.1, 0.15) is 29.3 Å². The van der Waals surface area contributed by atoms with Crippen molar-refractivity contribution in [2.75, 3.05) is 0 Å². The van der Waals surface area contributed by atoms with E-state index >= 15 is 0 Å². The van der Waals surface area contributed by atoms with Gasteiger partial charge in [0.25, 0.3) is 0 Å². The molecular weight excluding hydrogens is 190 g/mol. The summed E-state index contributed by atoms with van der Waals surface area (Å²) in [5.41, 5.74) is 1.40. The molecule has 2 atom stereocenters. The average Bonchev–Trinajstić information content (AvgIpc) is 2.92. The lowest BCUT2D eigenvalue weighted by Gasteiger charge is -2.04. The van der Waals surface area contributed by atoms with Crippen LogP contribution < -0.4 is 5.32 Å². The predicted molar refractivity (Wildman–Crippen MR) is 57.8 cm³/mol. The minimum Gasteiger partial charge on any atom is -0.478 e. The molecule has 80 valence electrons. The van der Waals surface area contributed by atoms with E-state index in [9.17, 15) is 4.79 Å². The lowest BCUT2D eigenvalue weighted by atomic mass is 10.1. The summed E-state index contributed by atoms with van der Waals surface area (Å²) in [5, 5.41) is 12.2. The van der Waals surface area contributed by atoms with Crippen molar-refractivity contribution in [3.05, 3.63) is 35.4 Å². The van der Waals surface area contributed by atoms with Crippen LogP contribution >= 0.6 is 0 Å². The van der Waals surface area contributed by atoms with Crippen molar-refractivity contribution in [1.82, 2.24) is 5.32 Å². The Morgan fingerprint density at radius 1 is 1.60 bits per heavy atom. The van der Waals surface area contributed by atoms with Crippen LogP contribution in [0.4, 0.5) is 0 Å². The molecule has 2 N–H and O–H groups in total. The van der Waals surface area contributed by atoms with E-state index in [1.807, 2.05) is 6.07 Å². The Balaban J connectivity index is 1.95. The molecule has 0 saturated heterocycles. The minimum atomic E-state index is -0.864. The molecule has 1 aliphatic carbocycles. The van der Waals surface area contributed by atoms with Crippen LogP contribution in [0.2, 0.25) is 0 Å². The molecule has 3 nitrogen and oxygen atoms in total. The van der Waals surface area contributed by atoms with Gasteiger partial charge in [-0.05, 0) is 30.0 Å². The summed E-state index contributed by atoms with van der Waals surface area (Å²) in [5.74, 6) is -0.0932. The number of rotatable bonds is 4. The quantitative estimate of drug-likeness (QED) is 0.789. The molecule has 0 aromatic heterocycles. The maximum Gasteiger partial charge on any atom is 0.335 e. The van der Waals surface area contributed by atoms with E-state index in [0.29, 0.717) is 11.6 Å². The van der Waals surface area contributed by atoms with Crippen LogP contribution in [0, 0.1) is 5.92 Å². The molecule has 15 heavy (non-hydrogen) atoms. The first-order valence-electron chi connectivity index (χ1n) is 5.22. The van der Waals surface area contributed by atoms with Crippen molar-refractivity contribution in [2.24, 2.45) is 5.92 Å². The number of hydrogen-bond donors (Lipinski definition) is 2. The number of nitrogens with one attached hydrogen (secondary N) is 1. The number of benzene rings is 1. The molecule has 0 amide bonds. The van der Waals surface area contributed by atoms with Gasteiger partial charge in [-0.25, -0.2) is 4.79 Å². The van der Waals surface area contributed by atoms with Crippen LogP contribution in [-0.4, -0.2) is 17.1 Å². The molecular formula is C12H15NO2. The van der Waals surface area contributed by atoms with Gasteiger partial charge in [-0.1, -0.05) is 19.1 Å². The van der Waals surface area contributed by atoms with Gasteiger partial charge in [0.15, 0.2) is 0 Å². The number of carbonyl (C=O) groups is 1. The summed E-state index contributed by atoms with van der Waals surface area (Å²) in [7, 11) is 0. The lowest BCUT2D eigenvalue weighted by molar-refractivity contribution is 0.0697. The molecule has 1 aromatic carbocycles. The van der Waals surface area contributed by atoms with Crippen molar-refractivity contribution < 1.29 is 9.90 Å². The normalized spacial score (nSPS) is 23.8. The third kappa shape index (κ3) is 2.57. The highest BCUT2D eigenvalue weighted by Gasteiger charge is 2.31. The summed E-state index contributed by atoms with van der Waals surface area (Å²) >= 11 is 0. The second-order valence-corrected chi connectivity index (χ2v) is 4.21. The fourth-order valence-corrected chi connectivity index (χ4v) is 1.67. The molecule has 0 spiro atoms. The average molecular weight is 205 g/mol. The molecule has 2 rings (SSSR count). The smallest absolute Gasteiger partial charge is 0.335 e. The van der Waals surface area contributed by atoms with Crippen molar-refractivity contribution in [3.63, 3.8) is 0 Å². The maximum absolute atomic E-state index is 10.7. The number of carboxylic acid groups (broad SMARTS) is 1. The number of carboxylic acids is 1. The Kier molecular flexibility index (Phi) is 2.73. The molecule has 1 aromatic rings. The molecule has 0 heterocycles. The van der Waals surface area contributed by atoms with Crippen molar-refractivity contribution in [2.45, 2.75) is 25.9 Å². The minimum absolute atomic E-state index is 0.359. The zero-order valence-electron chi connectivity index (χ0n) is 8.73. The lowest BCUT2D eigenvalue weighted by Crippen LogP contribution is -2.17.